The molecule has 0 spiro atoms. The van der Waals surface area contributed by atoms with E-state index in [0.717, 1.165) is 48.8 Å². The Morgan fingerprint density at radius 1 is 0.903 bits per heavy atom. The molecule has 1 aliphatic rings. The van der Waals surface area contributed by atoms with Crippen LogP contribution in [0, 0.1) is 0 Å². The van der Waals surface area contributed by atoms with Gasteiger partial charge in [-0.1, -0.05) is 30.3 Å². The Hall–Kier alpha value is -3.61. The molecule has 2 heterocycles. The smallest absolute Gasteiger partial charge is 0.313 e. The lowest BCUT2D eigenvalue weighted by atomic mass is 10.1. The third-order valence-corrected chi connectivity index (χ3v) is 5.61. The van der Waals surface area contributed by atoms with Gasteiger partial charge in [-0.15, -0.1) is 0 Å². The van der Waals surface area contributed by atoms with Crippen LogP contribution in [0.25, 0.3) is 10.9 Å². The van der Waals surface area contributed by atoms with Crippen molar-refractivity contribution in [1.82, 2.24) is 15.2 Å². The Labute approximate surface area is 180 Å². The first-order valence-corrected chi connectivity index (χ1v) is 10.7. The quantitative estimate of drug-likeness (QED) is 0.556. The van der Waals surface area contributed by atoms with Crippen molar-refractivity contribution in [2.45, 2.75) is 25.7 Å². The zero-order valence-corrected chi connectivity index (χ0v) is 17.3. The molecule has 4 rings (SSSR count). The Bertz CT molecular complexity index is 1100. The van der Waals surface area contributed by atoms with Crippen LogP contribution in [-0.2, 0) is 16.0 Å². The van der Waals surface area contributed by atoms with Crippen LogP contribution in [0.3, 0.4) is 0 Å². The van der Waals surface area contributed by atoms with E-state index in [1.54, 1.807) is 29.2 Å². The zero-order valence-electron chi connectivity index (χ0n) is 17.3. The molecule has 0 atom stereocenters. The number of anilines is 1. The summed E-state index contributed by atoms with van der Waals surface area (Å²) in [6.07, 6.45) is 5.62. The minimum absolute atomic E-state index is 0.115. The van der Waals surface area contributed by atoms with Crippen molar-refractivity contribution < 1.29 is 14.4 Å². The number of para-hydroxylation sites is 2. The summed E-state index contributed by atoms with van der Waals surface area (Å²) in [7, 11) is 0. The highest BCUT2D eigenvalue weighted by Gasteiger charge is 2.22. The highest BCUT2D eigenvalue weighted by atomic mass is 16.2. The Balaban J connectivity index is 1.34. The number of piperidine rings is 1. The van der Waals surface area contributed by atoms with Gasteiger partial charge in [-0.25, -0.2) is 0 Å². The standard InChI is InChI=1S/C24H26N4O3/c29-22(25-13-12-17-16-26-20-10-4-2-8-18(17)20)23(30)27-21-11-5-3-9-19(21)24(31)28-14-6-1-7-15-28/h2-5,8-11,16,26H,1,6-7,12-15H2,(H,25,29)(H,27,30). The molecule has 7 heteroatoms. The van der Waals surface area contributed by atoms with Gasteiger partial charge in [0.25, 0.3) is 5.91 Å². The molecule has 1 aromatic heterocycles. The first-order valence-electron chi connectivity index (χ1n) is 10.7. The molecular weight excluding hydrogens is 392 g/mol. The average Bonchev–Trinajstić information content (AvgIpc) is 3.22. The average molecular weight is 418 g/mol. The number of carbonyl (C=O) groups excluding carboxylic acids is 3. The Kier molecular flexibility index (Phi) is 6.31. The summed E-state index contributed by atoms with van der Waals surface area (Å²) in [6, 6.07) is 14.8. The summed E-state index contributed by atoms with van der Waals surface area (Å²) >= 11 is 0. The molecule has 31 heavy (non-hydrogen) atoms. The molecule has 0 saturated carbocycles. The molecule has 1 saturated heterocycles. The van der Waals surface area contributed by atoms with Crippen molar-refractivity contribution in [3.63, 3.8) is 0 Å². The van der Waals surface area contributed by atoms with Crippen LogP contribution in [-0.4, -0.2) is 47.2 Å². The van der Waals surface area contributed by atoms with E-state index in [1.165, 1.54) is 0 Å². The molecule has 0 unspecified atom stereocenters. The number of H-pyrrole nitrogens is 1. The van der Waals surface area contributed by atoms with Gasteiger partial charge in [-0.2, -0.15) is 0 Å². The largest absolute Gasteiger partial charge is 0.361 e. The highest BCUT2D eigenvalue weighted by Crippen LogP contribution is 2.20. The van der Waals surface area contributed by atoms with E-state index in [0.29, 0.717) is 24.2 Å². The molecule has 3 aromatic rings. The number of aromatic nitrogens is 1. The lowest BCUT2D eigenvalue weighted by Crippen LogP contribution is -2.38. The molecule has 1 aliphatic heterocycles. The summed E-state index contributed by atoms with van der Waals surface area (Å²) in [4.78, 5) is 42.6. The lowest BCUT2D eigenvalue weighted by molar-refractivity contribution is -0.136. The Morgan fingerprint density at radius 2 is 1.65 bits per heavy atom. The van der Waals surface area contributed by atoms with Crippen molar-refractivity contribution in [3.05, 3.63) is 65.9 Å². The number of hydrogen-bond acceptors (Lipinski definition) is 3. The molecule has 160 valence electrons. The molecule has 0 bridgehead atoms. The predicted octanol–water partition coefficient (Wildman–Crippen LogP) is 3.09. The maximum absolute atomic E-state index is 12.9. The summed E-state index contributed by atoms with van der Waals surface area (Å²) in [5.74, 6) is -1.62. The number of carbonyl (C=O) groups is 3. The van der Waals surface area contributed by atoms with E-state index in [2.05, 4.69) is 15.6 Å². The first kappa shape index (κ1) is 20.7. The molecule has 0 aliphatic carbocycles. The molecule has 0 radical (unpaired) electrons. The molecular formula is C24H26N4O3. The van der Waals surface area contributed by atoms with E-state index in [4.69, 9.17) is 0 Å². The normalized spacial score (nSPS) is 13.7. The van der Waals surface area contributed by atoms with Crippen molar-refractivity contribution >= 4 is 34.3 Å². The fourth-order valence-electron chi connectivity index (χ4n) is 3.95. The monoisotopic (exact) mass is 418 g/mol. The van der Waals surface area contributed by atoms with Crippen LogP contribution >= 0.6 is 0 Å². The second-order valence-corrected chi connectivity index (χ2v) is 7.72. The molecule has 1 fully saturated rings. The maximum atomic E-state index is 12.9. The van der Waals surface area contributed by atoms with Crippen LogP contribution in [0.4, 0.5) is 5.69 Å². The fraction of sp³-hybridized carbons (Fsp3) is 0.292. The van der Waals surface area contributed by atoms with Gasteiger partial charge in [0, 0.05) is 36.7 Å². The number of nitrogens with one attached hydrogen (secondary N) is 3. The van der Waals surface area contributed by atoms with Crippen LogP contribution in [0.1, 0.15) is 35.2 Å². The number of likely N-dealkylation sites (tertiary alicyclic amines) is 1. The molecule has 3 N–H and O–H groups in total. The predicted molar refractivity (Wildman–Crippen MR) is 120 cm³/mol. The molecule has 7 nitrogen and oxygen atoms in total. The minimum Gasteiger partial charge on any atom is -0.361 e. The van der Waals surface area contributed by atoms with E-state index in [9.17, 15) is 14.4 Å². The van der Waals surface area contributed by atoms with E-state index >= 15 is 0 Å². The number of nitrogens with zero attached hydrogens (tertiary/aromatic N) is 1. The van der Waals surface area contributed by atoms with E-state index in [-0.39, 0.29) is 5.91 Å². The van der Waals surface area contributed by atoms with Gasteiger partial charge in [-0.3, -0.25) is 14.4 Å². The number of benzene rings is 2. The number of aromatic amines is 1. The number of rotatable bonds is 5. The topological polar surface area (TPSA) is 94.3 Å². The van der Waals surface area contributed by atoms with Gasteiger partial charge < -0.3 is 20.5 Å². The van der Waals surface area contributed by atoms with Gasteiger partial charge in [0.15, 0.2) is 0 Å². The van der Waals surface area contributed by atoms with Crippen molar-refractivity contribution in [2.75, 3.05) is 25.0 Å². The third kappa shape index (κ3) is 4.77. The second-order valence-electron chi connectivity index (χ2n) is 7.72. The van der Waals surface area contributed by atoms with Crippen molar-refractivity contribution in [1.29, 1.82) is 0 Å². The van der Waals surface area contributed by atoms with Gasteiger partial charge in [0.2, 0.25) is 0 Å². The zero-order chi connectivity index (χ0) is 21.6. The van der Waals surface area contributed by atoms with Gasteiger partial charge in [-0.05, 0) is 49.4 Å². The van der Waals surface area contributed by atoms with Crippen LogP contribution < -0.4 is 10.6 Å². The van der Waals surface area contributed by atoms with Crippen molar-refractivity contribution in [2.24, 2.45) is 0 Å². The maximum Gasteiger partial charge on any atom is 0.313 e. The van der Waals surface area contributed by atoms with Gasteiger partial charge in [0.05, 0.1) is 11.3 Å². The number of hydrogen-bond donors (Lipinski definition) is 3. The summed E-state index contributed by atoms with van der Waals surface area (Å²) in [5.41, 5.74) is 2.88. The fourth-order valence-corrected chi connectivity index (χ4v) is 3.95. The summed E-state index contributed by atoms with van der Waals surface area (Å²) in [6.45, 7) is 1.77. The Morgan fingerprint density at radius 3 is 2.48 bits per heavy atom. The third-order valence-electron chi connectivity index (χ3n) is 5.61. The van der Waals surface area contributed by atoms with E-state index in [1.807, 2.05) is 30.5 Å². The van der Waals surface area contributed by atoms with Crippen molar-refractivity contribution in [3.8, 4) is 0 Å². The van der Waals surface area contributed by atoms with E-state index < -0.39 is 11.8 Å². The lowest BCUT2D eigenvalue weighted by Gasteiger charge is -2.27. The number of fused-ring (bicyclic) bond motifs is 1. The SMILES string of the molecule is O=C(NCCc1c[nH]c2ccccc12)C(=O)Nc1ccccc1C(=O)N1CCCCC1. The first-order chi connectivity index (χ1) is 15.1. The second kappa shape index (κ2) is 9.47. The highest BCUT2D eigenvalue weighted by molar-refractivity contribution is 6.40. The summed E-state index contributed by atoms with van der Waals surface area (Å²) < 4.78 is 0. The molecule has 3 amide bonds. The van der Waals surface area contributed by atoms with Crippen LogP contribution in [0.15, 0.2) is 54.7 Å². The van der Waals surface area contributed by atoms with Crippen LogP contribution in [0.5, 0.6) is 0 Å². The molecule has 2 aromatic carbocycles. The number of amides is 3. The van der Waals surface area contributed by atoms with Crippen LogP contribution in [0.2, 0.25) is 0 Å². The van der Waals surface area contributed by atoms with Gasteiger partial charge in [0.1, 0.15) is 0 Å². The van der Waals surface area contributed by atoms with Gasteiger partial charge >= 0.3 is 11.8 Å². The minimum atomic E-state index is -0.780. The summed E-state index contributed by atoms with van der Waals surface area (Å²) in [5, 5.41) is 6.36.